The summed E-state index contributed by atoms with van der Waals surface area (Å²) in [5.41, 5.74) is 0. The van der Waals surface area contributed by atoms with E-state index in [1.807, 2.05) is 29.2 Å². The summed E-state index contributed by atoms with van der Waals surface area (Å²) >= 11 is 0. The summed E-state index contributed by atoms with van der Waals surface area (Å²) in [7, 11) is 1.65. The fourth-order valence-electron chi connectivity index (χ4n) is 3.31. The molecule has 3 rings (SSSR count). The molecule has 1 aromatic carbocycles. The van der Waals surface area contributed by atoms with Crippen molar-refractivity contribution in [2.75, 3.05) is 53.0 Å². The van der Waals surface area contributed by atoms with Gasteiger partial charge < -0.3 is 19.1 Å². The van der Waals surface area contributed by atoms with Crippen LogP contribution in [0.1, 0.15) is 19.3 Å². The average Bonchev–Trinajstić information content (AvgIpc) is 2.69. The summed E-state index contributed by atoms with van der Waals surface area (Å²) in [4.78, 5) is 16.8. The average molecular weight is 348 g/mol. The normalized spacial score (nSPS) is 21.8. The van der Waals surface area contributed by atoms with Crippen molar-refractivity contribution in [2.45, 2.75) is 25.4 Å². The lowest BCUT2D eigenvalue weighted by molar-refractivity contribution is -0.148. The van der Waals surface area contributed by atoms with Crippen molar-refractivity contribution in [2.24, 2.45) is 0 Å². The van der Waals surface area contributed by atoms with Crippen molar-refractivity contribution in [3.8, 4) is 11.5 Å². The molecule has 0 N–H and O–H groups in total. The van der Waals surface area contributed by atoms with Crippen LogP contribution in [0, 0.1) is 0 Å². The van der Waals surface area contributed by atoms with Crippen LogP contribution in [0.25, 0.3) is 0 Å². The topological polar surface area (TPSA) is 51.2 Å². The number of ether oxygens (including phenoxy) is 3. The molecule has 0 bridgehead atoms. The standard InChI is InChI=1S/C19H28N2O4/c1-23-16-5-4-6-17(15-16)24-14-12-20-8-10-21(11-9-20)19(22)18-7-2-3-13-25-18/h4-6,15,18H,2-3,7-14H2,1H3. The highest BCUT2D eigenvalue weighted by molar-refractivity contribution is 5.81. The lowest BCUT2D eigenvalue weighted by Crippen LogP contribution is -2.52. The second-order valence-electron chi connectivity index (χ2n) is 6.55. The number of rotatable bonds is 6. The molecule has 0 aromatic heterocycles. The molecule has 25 heavy (non-hydrogen) atoms. The van der Waals surface area contributed by atoms with Gasteiger partial charge in [0.2, 0.25) is 0 Å². The zero-order valence-electron chi connectivity index (χ0n) is 15.0. The third-order valence-corrected chi connectivity index (χ3v) is 4.86. The first kappa shape index (κ1) is 18.0. The predicted octanol–water partition coefficient (Wildman–Crippen LogP) is 1.79. The van der Waals surface area contributed by atoms with Crippen LogP contribution in [0.2, 0.25) is 0 Å². The number of hydrogen-bond acceptors (Lipinski definition) is 5. The monoisotopic (exact) mass is 348 g/mol. The quantitative estimate of drug-likeness (QED) is 0.784. The zero-order valence-corrected chi connectivity index (χ0v) is 15.0. The van der Waals surface area contributed by atoms with Gasteiger partial charge in [-0.15, -0.1) is 0 Å². The fourth-order valence-corrected chi connectivity index (χ4v) is 3.31. The molecule has 0 saturated carbocycles. The van der Waals surface area contributed by atoms with Gasteiger partial charge in [0, 0.05) is 45.4 Å². The fraction of sp³-hybridized carbons (Fsp3) is 0.632. The molecule has 1 unspecified atom stereocenters. The lowest BCUT2D eigenvalue weighted by atomic mass is 10.1. The molecule has 1 amide bonds. The Balaban J connectivity index is 1.36. The van der Waals surface area contributed by atoms with Gasteiger partial charge in [-0.05, 0) is 31.4 Å². The van der Waals surface area contributed by atoms with Crippen molar-refractivity contribution in [1.82, 2.24) is 9.80 Å². The molecule has 0 spiro atoms. The largest absolute Gasteiger partial charge is 0.497 e. The summed E-state index contributed by atoms with van der Waals surface area (Å²) in [6, 6.07) is 7.65. The Labute approximate surface area is 149 Å². The molecule has 0 aliphatic carbocycles. The van der Waals surface area contributed by atoms with Crippen LogP contribution < -0.4 is 9.47 Å². The van der Waals surface area contributed by atoms with Crippen molar-refractivity contribution in [3.05, 3.63) is 24.3 Å². The molecule has 1 aromatic rings. The first-order chi connectivity index (χ1) is 12.3. The van der Waals surface area contributed by atoms with Crippen LogP contribution in [0.5, 0.6) is 11.5 Å². The van der Waals surface area contributed by atoms with Gasteiger partial charge in [0.15, 0.2) is 0 Å². The molecular weight excluding hydrogens is 320 g/mol. The molecule has 2 fully saturated rings. The Morgan fingerprint density at radius 2 is 2.00 bits per heavy atom. The minimum Gasteiger partial charge on any atom is -0.497 e. The molecule has 2 saturated heterocycles. The Hall–Kier alpha value is -1.79. The van der Waals surface area contributed by atoms with Crippen LogP contribution in [-0.4, -0.2) is 74.9 Å². The highest BCUT2D eigenvalue weighted by Gasteiger charge is 2.29. The molecule has 6 nitrogen and oxygen atoms in total. The van der Waals surface area contributed by atoms with Crippen LogP contribution in [0.15, 0.2) is 24.3 Å². The van der Waals surface area contributed by atoms with Gasteiger partial charge in [-0.25, -0.2) is 0 Å². The third kappa shape index (κ3) is 5.09. The SMILES string of the molecule is COc1cccc(OCCN2CCN(C(=O)C3CCCCO3)CC2)c1. The number of carbonyl (C=O) groups excluding carboxylic acids is 1. The maximum atomic E-state index is 12.5. The molecule has 2 aliphatic rings. The van der Waals surface area contributed by atoms with E-state index >= 15 is 0 Å². The summed E-state index contributed by atoms with van der Waals surface area (Å²) in [6.07, 6.45) is 2.83. The van der Waals surface area contributed by atoms with Gasteiger partial charge in [0.1, 0.15) is 24.2 Å². The van der Waals surface area contributed by atoms with E-state index in [1.54, 1.807) is 7.11 Å². The first-order valence-corrected chi connectivity index (χ1v) is 9.16. The molecule has 6 heteroatoms. The Kier molecular flexibility index (Phi) is 6.53. The Morgan fingerprint density at radius 3 is 2.72 bits per heavy atom. The lowest BCUT2D eigenvalue weighted by Gasteiger charge is -2.36. The van der Waals surface area contributed by atoms with Crippen LogP contribution >= 0.6 is 0 Å². The van der Waals surface area contributed by atoms with Gasteiger partial charge >= 0.3 is 0 Å². The maximum absolute atomic E-state index is 12.5. The van der Waals surface area contributed by atoms with Gasteiger partial charge in [0.25, 0.3) is 5.91 Å². The van der Waals surface area contributed by atoms with Gasteiger partial charge in [-0.1, -0.05) is 6.07 Å². The van der Waals surface area contributed by atoms with E-state index in [0.29, 0.717) is 6.61 Å². The van der Waals surface area contributed by atoms with E-state index in [0.717, 1.165) is 70.1 Å². The van der Waals surface area contributed by atoms with E-state index < -0.39 is 0 Å². The van der Waals surface area contributed by atoms with E-state index in [9.17, 15) is 4.79 Å². The molecule has 0 radical (unpaired) electrons. The summed E-state index contributed by atoms with van der Waals surface area (Å²) in [5, 5.41) is 0. The Morgan fingerprint density at radius 1 is 1.20 bits per heavy atom. The highest BCUT2D eigenvalue weighted by Crippen LogP contribution is 2.19. The summed E-state index contributed by atoms with van der Waals surface area (Å²) < 4.78 is 16.6. The van der Waals surface area contributed by atoms with Crippen molar-refractivity contribution in [3.63, 3.8) is 0 Å². The number of methoxy groups -OCH3 is 1. The number of benzene rings is 1. The highest BCUT2D eigenvalue weighted by atomic mass is 16.5. The van der Waals surface area contributed by atoms with Crippen LogP contribution in [0.4, 0.5) is 0 Å². The maximum Gasteiger partial charge on any atom is 0.251 e. The van der Waals surface area contributed by atoms with Crippen molar-refractivity contribution in [1.29, 1.82) is 0 Å². The molecule has 1 atom stereocenters. The van der Waals surface area contributed by atoms with Crippen LogP contribution in [0.3, 0.4) is 0 Å². The van der Waals surface area contributed by atoms with E-state index in [1.165, 1.54) is 0 Å². The smallest absolute Gasteiger partial charge is 0.251 e. The number of nitrogens with zero attached hydrogens (tertiary/aromatic N) is 2. The minimum atomic E-state index is -0.211. The molecular formula is C19H28N2O4. The number of hydrogen-bond donors (Lipinski definition) is 0. The zero-order chi connectivity index (χ0) is 17.5. The van der Waals surface area contributed by atoms with E-state index in [-0.39, 0.29) is 12.0 Å². The van der Waals surface area contributed by atoms with E-state index in [2.05, 4.69) is 4.90 Å². The molecule has 138 valence electrons. The molecule has 2 aliphatic heterocycles. The summed E-state index contributed by atoms with van der Waals surface area (Å²) in [5.74, 6) is 1.80. The second-order valence-corrected chi connectivity index (χ2v) is 6.55. The number of carbonyl (C=O) groups is 1. The number of amides is 1. The minimum absolute atomic E-state index is 0.173. The third-order valence-electron chi connectivity index (χ3n) is 4.86. The van der Waals surface area contributed by atoms with Gasteiger partial charge in [-0.3, -0.25) is 9.69 Å². The number of piperazine rings is 1. The van der Waals surface area contributed by atoms with Gasteiger partial charge in [0.05, 0.1) is 7.11 Å². The Bertz CT molecular complexity index is 552. The summed E-state index contributed by atoms with van der Waals surface area (Å²) in [6.45, 7) is 5.54. The first-order valence-electron chi connectivity index (χ1n) is 9.16. The van der Waals surface area contributed by atoms with Crippen molar-refractivity contribution < 1.29 is 19.0 Å². The van der Waals surface area contributed by atoms with Crippen molar-refractivity contribution >= 4 is 5.91 Å². The van der Waals surface area contributed by atoms with E-state index in [4.69, 9.17) is 14.2 Å². The molecule has 2 heterocycles. The van der Waals surface area contributed by atoms with Gasteiger partial charge in [-0.2, -0.15) is 0 Å². The predicted molar refractivity (Wildman–Crippen MR) is 95.1 cm³/mol. The second kappa shape index (κ2) is 9.06. The van der Waals surface area contributed by atoms with Crippen LogP contribution in [-0.2, 0) is 9.53 Å².